The van der Waals surface area contributed by atoms with Gasteiger partial charge in [0, 0.05) is 30.6 Å². The number of aliphatic hydroxyl groups is 1. The third-order valence-electron chi connectivity index (χ3n) is 6.64. The van der Waals surface area contributed by atoms with Crippen LogP contribution in [0.1, 0.15) is 54.8 Å². The number of ether oxygens (including phenoxy) is 1. The molecule has 1 aliphatic heterocycles. The molecule has 1 saturated heterocycles. The van der Waals surface area contributed by atoms with Gasteiger partial charge in [-0.25, -0.2) is 0 Å². The van der Waals surface area contributed by atoms with Crippen LogP contribution in [-0.2, 0) is 6.54 Å². The Balaban J connectivity index is 1.71. The number of fused-ring (bicyclic) bond motifs is 1. The Kier molecular flexibility index (Phi) is 5.25. The Bertz CT molecular complexity index is 772. The number of benzene rings is 2. The summed E-state index contributed by atoms with van der Waals surface area (Å²) >= 11 is 0. The van der Waals surface area contributed by atoms with Crippen molar-refractivity contribution in [1.29, 1.82) is 0 Å². The molecule has 1 saturated carbocycles. The average Bonchev–Trinajstić information content (AvgIpc) is 2.69. The summed E-state index contributed by atoms with van der Waals surface area (Å²) in [5, 5.41) is 11.4. The zero-order valence-corrected chi connectivity index (χ0v) is 16.5. The first-order valence-electron chi connectivity index (χ1n) is 10.3. The fourth-order valence-corrected chi connectivity index (χ4v) is 5.17. The van der Waals surface area contributed by atoms with E-state index in [2.05, 4.69) is 54.3 Å². The van der Waals surface area contributed by atoms with Gasteiger partial charge in [-0.3, -0.25) is 4.90 Å². The van der Waals surface area contributed by atoms with Crippen LogP contribution in [0.25, 0.3) is 0 Å². The van der Waals surface area contributed by atoms with Crippen LogP contribution in [0.3, 0.4) is 0 Å². The van der Waals surface area contributed by atoms with E-state index in [0.717, 1.165) is 44.5 Å². The van der Waals surface area contributed by atoms with Crippen LogP contribution in [0.5, 0.6) is 5.75 Å². The van der Waals surface area contributed by atoms with Crippen LogP contribution in [0.2, 0.25) is 0 Å². The number of methoxy groups -OCH3 is 1. The summed E-state index contributed by atoms with van der Waals surface area (Å²) in [6, 6.07) is 17.4. The van der Waals surface area contributed by atoms with Crippen molar-refractivity contribution in [2.45, 2.75) is 57.2 Å². The Hall–Kier alpha value is -1.84. The molecule has 1 N–H and O–H groups in total. The molecule has 2 fully saturated rings. The molecule has 27 heavy (non-hydrogen) atoms. The molecule has 3 unspecified atom stereocenters. The van der Waals surface area contributed by atoms with Gasteiger partial charge in [-0.2, -0.15) is 0 Å². The van der Waals surface area contributed by atoms with E-state index in [9.17, 15) is 5.11 Å². The summed E-state index contributed by atoms with van der Waals surface area (Å²) in [6.07, 6.45) is 5.24. The highest BCUT2D eigenvalue weighted by Crippen LogP contribution is 2.51. The number of hydrogen-bond acceptors (Lipinski definition) is 3. The van der Waals surface area contributed by atoms with Crippen LogP contribution in [0, 0.1) is 12.8 Å². The highest BCUT2D eigenvalue weighted by Gasteiger charge is 2.49. The summed E-state index contributed by atoms with van der Waals surface area (Å²) < 4.78 is 5.72. The van der Waals surface area contributed by atoms with Crippen LogP contribution >= 0.6 is 0 Å². The summed E-state index contributed by atoms with van der Waals surface area (Å²) in [5.41, 5.74) is 3.31. The van der Waals surface area contributed by atoms with Gasteiger partial charge in [0.2, 0.25) is 0 Å². The molecular formula is C24H31NO2. The largest absolute Gasteiger partial charge is 0.496 e. The summed E-state index contributed by atoms with van der Waals surface area (Å²) in [5.74, 6) is 1.20. The van der Waals surface area contributed by atoms with Gasteiger partial charge in [0.1, 0.15) is 5.75 Å². The van der Waals surface area contributed by atoms with Gasteiger partial charge in [0.25, 0.3) is 0 Å². The second-order valence-electron chi connectivity index (χ2n) is 8.35. The lowest BCUT2D eigenvalue weighted by Crippen LogP contribution is -2.54. The zero-order chi connectivity index (χ0) is 18.9. The SMILES string of the molecule is COc1ccccc1C1C2CCCCC2(O)CCN1Cc1ccc(C)cc1. The molecule has 2 aromatic carbocycles. The third kappa shape index (κ3) is 3.63. The highest BCUT2D eigenvalue weighted by molar-refractivity contribution is 5.37. The quantitative estimate of drug-likeness (QED) is 0.839. The zero-order valence-electron chi connectivity index (χ0n) is 16.5. The van der Waals surface area contributed by atoms with E-state index in [4.69, 9.17) is 4.74 Å². The minimum atomic E-state index is -0.534. The van der Waals surface area contributed by atoms with Crippen LogP contribution < -0.4 is 4.74 Å². The Morgan fingerprint density at radius 3 is 2.63 bits per heavy atom. The molecule has 1 heterocycles. The summed E-state index contributed by atoms with van der Waals surface area (Å²) in [7, 11) is 1.75. The molecule has 0 aromatic heterocycles. The van der Waals surface area contributed by atoms with Gasteiger partial charge < -0.3 is 9.84 Å². The second-order valence-corrected chi connectivity index (χ2v) is 8.35. The maximum atomic E-state index is 11.4. The van der Waals surface area contributed by atoms with E-state index in [1.54, 1.807) is 7.11 Å². The topological polar surface area (TPSA) is 32.7 Å². The second kappa shape index (κ2) is 7.65. The normalized spacial score (nSPS) is 28.6. The van der Waals surface area contributed by atoms with Gasteiger partial charge in [-0.15, -0.1) is 0 Å². The Morgan fingerprint density at radius 2 is 1.85 bits per heavy atom. The van der Waals surface area contributed by atoms with Crippen molar-refractivity contribution in [2.75, 3.05) is 13.7 Å². The van der Waals surface area contributed by atoms with E-state index in [-0.39, 0.29) is 12.0 Å². The first kappa shape index (κ1) is 18.5. The van der Waals surface area contributed by atoms with Gasteiger partial charge in [0.15, 0.2) is 0 Å². The van der Waals surface area contributed by atoms with Crippen molar-refractivity contribution < 1.29 is 9.84 Å². The molecule has 2 aliphatic rings. The molecule has 3 nitrogen and oxygen atoms in total. The van der Waals surface area contributed by atoms with E-state index >= 15 is 0 Å². The van der Waals surface area contributed by atoms with E-state index in [0.29, 0.717) is 0 Å². The molecule has 4 rings (SSSR count). The molecule has 0 bridgehead atoms. The average molecular weight is 366 g/mol. The van der Waals surface area contributed by atoms with E-state index in [1.807, 2.05) is 6.07 Å². The standard InChI is InChI=1S/C24H31NO2/c1-18-10-12-19(13-11-18)17-25-16-15-24(26)14-6-5-8-21(24)23(25)20-7-3-4-9-22(20)27-2/h3-4,7,9-13,21,23,26H,5-6,8,14-17H2,1-2H3. The lowest BCUT2D eigenvalue weighted by atomic mass is 9.66. The molecule has 144 valence electrons. The molecule has 0 spiro atoms. The summed E-state index contributed by atoms with van der Waals surface area (Å²) in [4.78, 5) is 2.56. The number of piperidine rings is 1. The van der Waals surface area contributed by atoms with Crippen molar-refractivity contribution in [2.24, 2.45) is 5.92 Å². The smallest absolute Gasteiger partial charge is 0.123 e. The lowest BCUT2D eigenvalue weighted by molar-refractivity contribution is -0.126. The minimum Gasteiger partial charge on any atom is -0.496 e. The predicted octanol–water partition coefficient (Wildman–Crippen LogP) is 4.87. The maximum Gasteiger partial charge on any atom is 0.123 e. The molecule has 3 atom stereocenters. The fourth-order valence-electron chi connectivity index (χ4n) is 5.17. The van der Waals surface area contributed by atoms with Crippen molar-refractivity contribution in [3.8, 4) is 5.75 Å². The number of nitrogens with zero attached hydrogens (tertiary/aromatic N) is 1. The predicted molar refractivity (Wildman–Crippen MR) is 109 cm³/mol. The maximum absolute atomic E-state index is 11.4. The fraction of sp³-hybridized carbons (Fsp3) is 0.500. The highest BCUT2D eigenvalue weighted by atomic mass is 16.5. The number of likely N-dealkylation sites (tertiary alicyclic amines) is 1. The number of para-hydroxylation sites is 1. The van der Waals surface area contributed by atoms with Gasteiger partial charge >= 0.3 is 0 Å². The van der Waals surface area contributed by atoms with Gasteiger partial charge in [-0.05, 0) is 37.8 Å². The van der Waals surface area contributed by atoms with Gasteiger partial charge in [0.05, 0.1) is 12.7 Å². The lowest BCUT2D eigenvalue weighted by Gasteiger charge is -2.53. The number of rotatable bonds is 4. The third-order valence-corrected chi connectivity index (χ3v) is 6.64. The van der Waals surface area contributed by atoms with Crippen molar-refractivity contribution >= 4 is 0 Å². The number of aryl methyl sites for hydroxylation is 1. The first-order chi connectivity index (χ1) is 13.1. The van der Waals surface area contributed by atoms with Gasteiger partial charge in [-0.1, -0.05) is 60.9 Å². The van der Waals surface area contributed by atoms with Crippen LogP contribution in [0.4, 0.5) is 0 Å². The monoisotopic (exact) mass is 365 g/mol. The summed E-state index contributed by atoms with van der Waals surface area (Å²) in [6.45, 7) is 3.96. The first-order valence-corrected chi connectivity index (χ1v) is 10.3. The van der Waals surface area contributed by atoms with Crippen LogP contribution in [-0.4, -0.2) is 29.3 Å². The molecule has 3 heteroatoms. The molecule has 0 amide bonds. The minimum absolute atomic E-state index is 0.196. The van der Waals surface area contributed by atoms with Crippen LogP contribution in [0.15, 0.2) is 48.5 Å². The van der Waals surface area contributed by atoms with Crippen molar-refractivity contribution in [3.05, 3.63) is 65.2 Å². The van der Waals surface area contributed by atoms with Crippen molar-refractivity contribution in [1.82, 2.24) is 4.90 Å². The van der Waals surface area contributed by atoms with Crippen molar-refractivity contribution in [3.63, 3.8) is 0 Å². The number of hydrogen-bond donors (Lipinski definition) is 1. The Labute approximate surface area is 163 Å². The van der Waals surface area contributed by atoms with E-state index in [1.165, 1.54) is 23.1 Å². The molecular weight excluding hydrogens is 334 g/mol. The molecule has 2 aromatic rings. The molecule has 0 radical (unpaired) electrons. The molecule has 1 aliphatic carbocycles. The Morgan fingerprint density at radius 1 is 1.07 bits per heavy atom. The van der Waals surface area contributed by atoms with E-state index < -0.39 is 5.60 Å².